The Morgan fingerprint density at radius 1 is 1.31 bits per heavy atom. The van der Waals surface area contributed by atoms with E-state index in [4.69, 9.17) is 11.6 Å². The zero-order valence-electron chi connectivity index (χ0n) is 14.6. The minimum Gasteiger partial charge on any atom is -0.508 e. The van der Waals surface area contributed by atoms with E-state index in [1.165, 1.54) is 35.6 Å². The fraction of sp³-hybridized carbons (Fsp3) is 0.222. The lowest BCUT2D eigenvalue weighted by molar-refractivity contribution is -0.173. The van der Waals surface area contributed by atoms with Crippen LogP contribution in [0.4, 0.5) is 24.7 Å². The number of phenolic OH excluding ortho intramolecular Hbond substituents is 1. The van der Waals surface area contributed by atoms with Gasteiger partial charge in [0, 0.05) is 17.0 Å². The number of hydrogen-bond donors (Lipinski definition) is 3. The largest absolute Gasteiger partial charge is 0.508 e. The number of anilines is 2. The van der Waals surface area contributed by atoms with Crippen molar-refractivity contribution in [1.82, 2.24) is 9.78 Å². The van der Waals surface area contributed by atoms with Crippen LogP contribution in [-0.2, 0) is 0 Å². The summed E-state index contributed by atoms with van der Waals surface area (Å²) in [6.45, 7) is 0. The Bertz CT molecular complexity index is 1030. The van der Waals surface area contributed by atoms with Crippen molar-refractivity contribution in [3.63, 3.8) is 0 Å². The van der Waals surface area contributed by atoms with Gasteiger partial charge in [-0.3, -0.25) is 4.79 Å². The van der Waals surface area contributed by atoms with Gasteiger partial charge >= 0.3 is 6.18 Å². The molecule has 3 N–H and O–H groups in total. The van der Waals surface area contributed by atoms with Gasteiger partial charge in [0.1, 0.15) is 16.6 Å². The number of aromatic nitrogens is 2. The number of benzene rings is 1. The fourth-order valence-electron chi connectivity index (χ4n) is 3.15. The molecule has 0 aliphatic carbocycles. The number of phenols is 1. The van der Waals surface area contributed by atoms with Crippen LogP contribution in [0.2, 0.25) is 5.02 Å². The topological polar surface area (TPSA) is 79.2 Å². The van der Waals surface area contributed by atoms with Gasteiger partial charge in [-0.2, -0.15) is 18.3 Å². The normalized spacial score (nSPS) is 18.8. The van der Waals surface area contributed by atoms with Crippen LogP contribution in [0.25, 0.3) is 0 Å². The second kappa shape index (κ2) is 7.27. The molecule has 0 unspecified atom stereocenters. The lowest BCUT2D eigenvalue weighted by Gasteiger charge is -2.32. The van der Waals surface area contributed by atoms with E-state index in [1.807, 2.05) is 0 Å². The predicted molar refractivity (Wildman–Crippen MR) is 104 cm³/mol. The number of carbonyl (C=O) groups is 1. The van der Waals surface area contributed by atoms with E-state index in [1.54, 1.807) is 17.5 Å². The van der Waals surface area contributed by atoms with Crippen LogP contribution in [0.15, 0.2) is 41.8 Å². The van der Waals surface area contributed by atoms with Gasteiger partial charge < -0.3 is 15.7 Å². The molecule has 0 fully saturated rings. The van der Waals surface area contributed by atoms with Crippen LogP contribution in [0.3, 0.4) is 0 Å². The second-order valence-electron chi connectivity index (χ2n) is 6.46. The summed E-state index contributed by atoms with van der Waals surface area (Å²) in [5, 5.41) is 20.3. The van der Waals surface area contributed by atoms with Crippen molar-refractivity contribution >= 4 is 40.4 Å². The molecular weight excluding hydrogens is 429 g/mol. The Hall–Kier alpha value is -2.72. The Kier molecular flexibility index (Phi) is 4.91. The number of halogens is 4. The van der Waals surface area contributed by atoms with Crippen LogP contribution in [0.5, 0.6) is 5.75 Å². The van der Waals surface area contributed by atoms with Gasteiger partial charge in [0.2, 0.25) is 0 Å². The molecule has 2 aromatic heterocycles. The third-order valence-electron chi connectivity index (χ3n) is 4.52. The number of fused-ring (bicyclic) bond motifs is 1. The van der Waals surface area contributed by atoms with Crippen molar-refractivity contribution in [3.8, 4) is 5.75 Å². The van der Waals surface area contributed by atoms with Crippen molar-refractivity contribution in [1.29, 1.82) is 0 Å². The summed E-state index contributed by atoms with van der Waals surface area (Å²) in [4.78, 5) is 13.3. The van der Waals surface area contributed by atoms with Gasteiger partial charge in [0.25, 0.3) is 5.91 Å². The molecule has 0 saturated heterocycles. The lowest BCUT2D eigenvalue weighted by atomic mass is 10.0. The maximum Gasteiger partial charge on any atom is 0.410 e. The number of nitrogens with one attached hydrogen (secondary N) is 2. The standard InChI is InChI=1S/C18H14ClF3N4O2S/c19-14-15(17(28)23-9-3-5-10(27)6-4-9)25-26-13(18(20,21)22)8-11(24-16(14)26)12-2-1-7-29-12/h1-7,11,13,24,27H,8H2,(H,23,28)/t11-,13+/m1/s1. The minimum atomic E-state index is -4.56. The molecule has 2 atom stereocenters. The lowest BCUT2D eigenvalue weighted by Crippen LogP contribution is -2.35. The van der Waals surface area contributed by atoms with Gasteiger partial charge in [-0.1, -0.05) is 17.7 Å². The summed E-state index contributed by atoms with van der Waals surface area (Å²) < 4.78 is 41.9. The number of nitrogens with zero attached hydrogens (tertiary/aromatic N) is 2. The zero-order chi connectivity index (χ0) is 20.8. The van der Waals surface area contributed by atoms with E-state index >= 15 is 0 Å². The molecule has 4 rings (SSSR count). The van der Waals surface area contributed by atoms with Crippen LogP contribution in [0, 0.1) is 0 Å². The smallest absolute Gasteiger partial charge is 0.410 e. The van der Waals surface area contributed by atoms with E-state index in [0.717, 1.165) is 9.56 Å². The van der Waals surface area contributed by atoms with Gasteiger partial charge in [-0.05, 0) is 35.7 Å². The maximum atomic E-state index is 13.7. The number of aromatic hydroxyl groups is 1. The fourth-order valence-corrected chi connectivity index (χ4v) is 4.20. The summed E-state index contributed by atoms with van der Waals surface area (Å²) in [7, 11) is 0. The van der Waals surface area contributed by atoms with Gasteiger partial charge in [0.15, 0.2) is 11.7 Å². The van der Waals surface area contributed by atoms with Crippen molar-refractivity contribution in [2.75, 3.05) is 10.6 Å². The Morgan fingerprint density at radius 2 is 2.03 bits per heavy atom. The number of carbonyl (C=O) groups excluding carboxylic acids is 1. The second-order valence-corrected chi connectivity index (χ2v) is 7.82. The SMILES string of the molecule is O=C(Nc1ccc(O)cc1)c1nn2c(c1Cl)N[C@@H](c1cccs1)C[C@H]2C(F)(F)F. The molecule has 11 heteroatoms. The molecule has 1 aromatic carbocycles. The molecule has 3 heterocycles. The Balaban J connectivity index is 1.69. The summed E-state index contributed by atoms with van der Waals surface area (Å²) in [5.41, 5.74) is 0.0231. The van der Waals surface area contributed by atoms with Crippen LogP contribution in [0.1, 0.15) is 33.9 Å². The molecule has 6 nitrogen and oxygen atoms in total. The molecule has 29 heavy (non-hydrogen) atoms. The van der Waals surface area contributed by atoms with Crippen molar-refractivity contribution < 1.29 is 23.1 Å². The molecule has 1 amide bonds. The molecule has 1 aliphatic rings. The zero-order valence-corrected chi connectivity index (χ0v) is 16.1. The molecule has 3 aromatic rings. The van der Waals surface area contributed by atoms with E-state index in [9.17, 15) is 23.1 Å². The Morgan fingerprint density at radius 3 is 2.66 bits per heavy atom. The monoisotopic (exact) mass is 442 g/mol. The predicted octanol–water partition coefficient (Wildman–Crippen LogP) is 5.22. The molecule has 152 valence electrons. The number of rotatable bonds is 3. The van der Waals surface area contributed by atoms with Crippen molar-refractivity contribution in [2.45, 2.75) is 24.7 Å². The molecule has 0 radical (unpaired) electrons. The highest BCUT2D eigenvalue weighted by atomic mass is 35.5. The third kappa shape index (κ3) is 3.77. The van der Waals surface area contributed by atoms with E-state index < -0.39 is 24.2 Å². The van der Waals surface area contributed by atoms with E-state index in [-0.39, 0.29) is 28.7 Å². The maximum absolute atomic E-state index is 13.7. The molecule has 0 spiro atoms. The first-order valence-electron chi connectivity index (χ1n) is 8.49. The number of alkyl halides is 3. The first-order valence-corrected chi connectivity index (χ1v) is 9.75. The highest BCUT2D eigenvalue weighted by molar-refractivity contribution is 7.10. The number of hydrogen-bond acceptors (Lipinski definition) is 5. The van der Waals surface area contributed by atoms with E-state index in [0.29, 0.717) is 5.69 Å². The van der Waals surface area contributed by atoms with Gasteiger partial charge in [-0.15, -0.1) is 11.3 Å². The van der Waals surface area contributed by atoms with Crippen molar-refractivity contribution in [2.24, 2.45) is 0 Å². The summed E-state index contributed by atoms with van der Waals surface area (Å²) in [6.07, 6.45) is -4.83. The quantitative estimate of drug-likeness (QED) is 0.486. The summed E-state index contributed by atoms with van der Waals surface area (Å²) in [6, 6.07) is 6.60. The van der Waals surface area contributed by atoms with Gasteiger partial charge in [-0.25, -0.2) is 4.68 Å². The molecule has 0 bridgehead atoms. The highest BCUT2D eigenvalue weighted by Crippen LogP contribution is 2.46. The van der Waals surface area contributed by atoms with Crippen LogP contribution >= 0.6 is 22.9 Å². The highest BCUT2D eigenvalue weighted by Gasteiger charge is 2.48. The summed E-state index contributed by atoms with van der Waals surface area (Å²) in [5.74, 6) is -0.789. The summed E-state index contributed by atoms with van der Waals surface area (Å²) >= 11 is 7.60. The average Bonchev–Trinajstić information content (AvgIpc) is 3.31. The van der Waals surface area contributed by atoms with Gasteiger partial charge in [0.05, 0.1) is 6.04 Å². The number of amides is 1. The first kappa shape index (κ1) is 19.6. The van der Waals surface area contributed by atoms with Crippen LogP contribution < -0.4 is 10.6 Å². The first-order chi connectivity index (χ1) is 13.7. The third-order valence-corrected chi connectivity index (χ3v) is 5.87. The van der Waals surface area contributed by atoms with Crippen molar-refractivity contribution in [3.05, 3.63) is 57.4 Å². The van der Waals surface area contributed by atoms with Crippen LogP contribution in [-0.4, -0.2) is 27.0 Å². The molecule has 0 saturated carbocycles. The average molecular weight is 443 g/mol. The van der Waals surface area contributed by atoms with E-state index in [2.05, 4.69) is 15.7 Å². The molecule has 1 aliphatic heterocycles. The Labute approximate surface area is 171 Å². The number of thiophene rings is 1. The minimum absolute atomic E-state index is 0.00956. The molecular formula is C18H14ClF3N4O2S.